The van der Waals surface area contributed by atoms with Gasteiger partial charge in [-0.25, -0.2) is 13.6 Å². The van der Waals surface area contributed by atoms with Gasteiger partial charge >= 0.3 is 6.03 Å². The minimum Gasteiger partial charge on any atom is -0.475 e. The van der Waals surface area contributed by atoms with E-state index in [1.165, 1.54) is 6.20 Å². The Balaban J connectivity index is 1.89. The first-order valence-electron chi connectivity index (χ1n) is 9.33. The molecule has 2 N–H and O–H groups in total. The number of amides is 2. The molecule has 1 heterocycles. The second-order valence-corrected chi connectivity index (χ2v) is 7.47. The lowest BCUT2D eigenvalue weighted by Crippen LogP contribution is -2.30. The molecule has 10 heteroatoms. The Morgan fingerprint density at radius 2 is 1.94 bits per heavy atom. The van der Waals surface area contributed by atoms with E-state index >= 15 is 0 Å². The second-order valence-electron chi connectivity index (χ2n) is 7.06. The van der Waals surface area contributed by atoms with Crippen LogP contribution >= 0.6 is 11.6 Å². The number of aromatic nitrogens is 2. The van der Waals surface area contributed by atoms with E-state index in [2.05, 4.69) is 15.7 Å². The van der Waals surface area contributed by atoms with Crippen LogP contribution in [-0.2, 0) is 7.05 Å². The van der Waals surface area contributed by atoms with Gasteiger partial charge in [0.15, 0.2) is 0 Å². The first-order chi connectivity index (χ1) is 14.7. The summed E-state index contributed by atoms with van der Waals surface area (Å²) >= 11 is 6.32. The number of carbonyl (C=O) groups is 1. The number of hydrogen-bond acceptors (Lipinski definition) is 4. The quantitative estimate of drug-likeness (QED) is 0.522. The number of benzene rings is 2. The lowest BCUT2D eigenvalue weighted by molar-refractivity contribution is 0.0821. The summed E-state index contributed by atoms with van der Waals surface area (Å²) in [5.74, 6) is -1.06. The molecule has 164 valence electrons. The number of aryl methyl sites for hydroxylation is 1. The Labute approximate surface area is 183 Å². The predicted octanol–water partition coefficient (Wildman–Crippen LogP) is 4.95. The van der Waals surface area contributed by atoms with Crippen molar-refractivity contribution in [3.8, 4) is 17.0 Å². The SMILES string of the molecule is CC(Oc1ccc(NC(=O)Nc2ccc(F)cc2F)cc1-c1c(Cl)cnn1C)N(C)C. The van der Waals surface area contributed by atoms with E-state index in [1.807, 2.05) is 25.9 Å². The van der Waals surface area contributed by atoms with Crippen LogP contribution in [0.3, 0.4) is 0 Å². The van der Waals surface area contributed by atoms with Gasteiger partial charge in [0.25, 0.3) is 0 Å². The maximum Gasteiger partial charge on any atom is 0.323 e. The summed E-state index contributed by atoms with van der Waals surface area (Å²) in [4.78, 5) is 14.2. The highest BCUT2D eigenvalue weighted by Gasteiger charge is 2.18. The molecule has 0 bridgehead atoms. The summed E-state index contributed by atoms with van der Waals surface area (Å²) in [6.45, 7) is 1.89. The van der Waals surface area contributed by atoms with Gasteiger partial charge in [-0.05, 0) is 51.4 Å². The molecule has 3 aromatic rings. The number of nitrogens with one attached hydrogen (secondary N) is 2. The van der Waals surface area contributed by atoms with E-state index in [9.17, 15) is 13.6 Å². The smallest absolute Gasteiger partial charge is 0.323 e. The van der Waals surface area contributed by atoms with Crippen LogP contribution in [0.5, 0.6) is 5.75 Å². The molecule has 0 aliphatic rings. The number of ether oxygens (including phenoxy) is 1. The van der Waals surface area contributed by atoms with Crippen LogP contribution in [0.15, 0.2) is 42.6 Å². The van der Waals surface area contributed by atoms with Crippen molar-refractivity contribution in [3.05, 3.63) is 59.3 Å². The monoisotopic (exact) mass is 449 g/mol. The first-order valence-corrected chi connectivity index (χ1v) is 9.71. The molecule has 0 spiro atoms. The zero-order valence-corrected chi connectivity index (χ0v) is 18.2. The Bertz CT molecular complexity index is 1080. The van der Waals surface area contributed by atoms with Gasteiger partial charge in [-0.2, -0.15) is 5.10 Å². The number of carbonyl (C=O) groups excluding carboxylic acids is 1. The Morgan fingerprint density at radius 3 is 2.55 bits per heavy atom. The Kier molecular flexibility index (Phi) is 6.77. The first kappa shape index (κ1) is 22.5. The third-order valence-corrected chi connectivity index (χ3v) is 4.87. The van der Waals surface area contributed by atoms with Crippen molar-refractivity contribution in [3.63, 3.8) is 0 Å². The van der Waals surface area contributed by atoms with Crippen LogP contribution in [0.25, 0.3) is 11.3 Å². The van der Waals surface area contributed by atoms with E-state index in [4.69, 9.17) is 16.3 Å². The second kappa shape index (κ2) is 9.32. The average molecular weight is 450 g/mol. The van der Waals surface area contributed by atoms with Crippen molar-refractivity contribution in [2.75, 3.05) is 24.7 Å². The van der Waals surface area contributed by atoms with E-state index in [0.29, 0.717) is 33.8 Å². The van der Waals surface area contributed by atoms with Crippen molar-refractivity contribution in [2.45, 2.75) is 13.2 Å². The van der Waals surface area contributed by atoms with Gasteiger partial charge in [0.1, 0.15) is 23.6 Å². The third kappa shape index (κ3) is 5.31. The summed E-state index contributed by atoms with van der Waals surface area (Å²) in [5, 5.41) is 9.55. The molecule has 0 aliphatic heterocycles. The number of hydrogen-bond donors (Lipinski definition) is 2. The summed E-state index contributed by atoms with van der Waals surface area (Å²) < 4.78 is 34.5. The largest absolute Gasteiger partial charge is 0.475 e. The molecule has 0 saturated heterocycles. The fourth-order valence-electron chi connectivity index (χ4n) is 2.77. The zero-order valence-electron chi connectivity index (χ0n) is 17.4. The molecule has 3 rings (SSSR count). The van der Waals surface area contributed by atoms with Gasteiger partial charge in [0.05, 0.1) is 22.6 Å². The number of halogens is 3. The summed E-state index contributed by atoms with van der Waals surface area (Å²) in [6.07, 6.45) is 1.29. The molecule has 0 saturated carbocycles. The minimum absolute atomic E-state index is 0.145. The van der Waals surface area contributed by atoms with Gasteiger partial charge in [0, 0.05) is 24.4 Å². The van der Waals surface area contributed by atoms with Crippen LogP contribution in [-0.4, -0.2) is 41.0 Å². The lowest BCUT2D eigenvalue weighted by atomic mass is 10.1. The fraction of sp³-hybridized carbons (Fsp3) is 0.238. The van der Waals surface area contributed by atoms with Gasteiger partial charge < -0.3 is 15.4 Å². The molecule has 1 atom stereocenters. The van der Waals surface area contributed by atoms with Crippen molar-refractivity contribution < 1.29 is 18.3 Å². The van der Waals surface area contributed by atoms with Gasteiger partial charge in [0.2, 0.25) is 0 Å². The number of nitrogens with zero attached hydrogens (tertiary/aromatic N) is 3. The maximum absolute atomic E-state index is 13.8. The molecule has 2 aromatic carbocycles. The summed E-state index contributed by atoms with van der Waals surface area (Å²) in [5.41, 5.74) is 1.49. The average Bonchev–Trinajstić information content (AvgIpc) is 3.03. The lowest BCUT2D eigenvalue weighted by Gasteiger charge is -2.23. The summed E-state index contributed by atoms with van der Waals surface area (Å²) in [7, 11) is 5.51. The minimum atomic E-state index is -0.876. The fourth-order valence-corrected chi connectivity index (χ4v) is 3.04. The number of anilines is 2. The molecule has 0 aliphatic carbocycles. The summed E-state index contributed by atoms with van der Waals surface area (Å²) in [6, 6.07) is 7.23. The van der Waals surface area contributed by atoms with Crippen molar-refractivity contribution in [2.24, 2.45) is 7.05 Å². The van der Waals surface area contributed by atoms with E-state index < -0.39 is 17.7 Å². The van der Waals surface area contributed by atoms with Crippen LogP contribution in [0.4, 0.5) is 25.0 Å². The van der Waals surface area contributed by atoms with Gasteiger partial charge in [-0.1, -0.05) is 11.6 Å². The molecule has 7 nitrogen and oxygen atoms in total. The maximum atomic E-state index is 13.8. The molecule has 0 radical (unpaired) electrons. The highest BCUT2D eigenvalue weighted by Crippen LogP contribution is 2.37. The topological polar surface area (TPSA) is 71.4 Å². The molecule has 0 fully saturated rings. The highest BCUT2D eigenvalue weighted by atomic mass is 35.5. The van der Waals surface area contributed by atoms with Crippen molar-refractivity contribution in [1.82, 2.24) is 14.7 Å². The highest BCUT2D eigenvalue weighted by molar-refractivity contribution is 6.33. The zero-order chi connectivity index (χ0) is 22.7. The Hall–Kier alpha value is -3.17. The van der Waals surface area contributed by atoms with Crippen LogP contribution in [0, 0.1) is 11.6 Å². The van der Waals surface area contributed by atoms with E-state index in [-0.39, 0.29) is 11.9 Å². The van der Waals surface area contributed by atoms with Crippen molar-refractivity contribution in [1.29, 1.82) is 0 Å². The Morgan fingerprint density at radius 1 is 1.19 bits per heavy atom. The van der Waals surface area contributed by atoms with Crippen LogP contribution < -0.4 is 15.4 Å². The standard InChI is InChI=1S/C21H22ClF2N5O2/c1-12(28(2)3)31-19-8-6-14(10-15(19)20-16(22)11-25-29(20)4)26-21(30)27-18-7-5-13(23)9-17(18)24/h5-12H,1-4H3,(H2,26,27,30). The molecule has 1 aromatic heterocycles. The van der Waals surface area contributed by atoms with Crippen LogP contribution in [0.2, 0.25) is 5.02 Å². The molecule has 2 amide bonds. The van der Waals surface area contributed by atoms with Gasteiger partial charge in [-0.3, -0.25) is 9.58 Å². The molecular formula is C21H22ClF2N5O2. The molecule has 31 heavy (non-hydrogen) atoms. The van der Waals surface area contributed by atoms with Crippen molar-refractivity contribution >= 4 is 29.0 Å². The van der Waals surface area contributed by atoms with E-state index in [0.717, 1.165) is 12.1 Å². The van der Waals surface area contributed by atoms with Crippen LogP contribution in [0.1, 0.15) is 6.92 Å². The number of urea groups is 1. The third-order valence-electron chi connectivity index (χ3n) is 4.59. The predicted molar refractivity (Wildman–Crippen MR) is 116 cm³/mol. The normalized spacial score (nSPS) is 12.0. The number of rotatable bonds is 6. The van der Waals surface area contributed by atoms with E-state index in [1.54, 1.807) is 29.9 Å². The van der Waals surface area contributed by atoms with Gasteiger partial charge in [-0.15, -0.1) is 0 Å². The molecular weight excluding hydrogens is 428 g/mol. The molecule has 1 unspecified atom stereocenters.